The lowest BCUT2D eigenvalue weighted by molar-refractivity contribution is 0.551. The highest BCUT2D eigenvalue weighted by atomic mass is 16.4. The van der Waals surface area contributed by atoms with E-state index in [4.69, 9.17) is 4.42 Å². The topological polar surface area (TPSA) is 69.1 Å². The number of pyridine rings is 1. The minimum absolute atomic E-state index is 0.402. The zero-order chi connectivity index (χ0) is 10.3. The lowest BCUT2D eigenvalue weighted by atomic mass is 10.3. The van der Waals surface area contributed by atoms with Gasteiger partial charge in [0.05, 0.1) is 0 Å². The highest BCUT2D eigenvalue weighted by molar-refractivity contribution is 5.54. The first-order valence-electron chi connectivity index (χ1n) is 4.44. The van der Waals surface area contributed by atoms with E-state index in [1.807, 2.05) is 12.1 Å². The molecule has 0 N–H and O–H groups in total. The van der Waals surface area contributed by atoms with E-state index in [0.29, 0.717) is 17.6 Å². The van der Waals surface area contributed by atoms with Crippen molar-refractivity contribution in [1.29, 1.82) is 0 Å². The van der Waals surface area contributed by atoms with E-state index in [1.165, 1.54) is 4.63 Å². The first kappa shape index (κ1) is 8.10. The Morgan fingerprint density at radius 3 is 2.73 bits per heavy atom. The van der Waals surface area contributed by atoms with Crippen molar-refractivity contribution < 1.29 is 4.42 Å². The lowest BCUT2D eigenvalue weighted by Gasteiger charge is -1.90. The quantitative estimate of drug-likeness (QED) is 0.589. The molecule has 6 nitrogen and oxygen atoms in total. The molecule has 0 aliphatic rings. The Labute approximate surface area is 84.6 Å². The first-order valence-corrected chi connectivity index (χ1v) is 4.44. The van der Waals surface area contributed by atoms with E-state index < -0.39 is 0 Å². The van der Waals surface area contributed by atoms with Gasteiger partial charge in [0.2, 0.25) is 5.89 Å². The van der Waals surface area contributed by atoms with Gasteiger partial charge in [-0.3, -0.25) is 4.98 Å². The molecule has 0 saturated heterocycles. The first-order chi connectivity index (χ1) is 7.33. The third-order valence-corrected chi connectivity index (χ3v) is 1.98. The summed E-state index contributed by atoms with van der Waals surface area (Å²) in [5.41, 5.74) is 0.892. The van der Waals surface area contributed by atoms with Gasteiger partial charge in [0.15, 0.2) is 5.82 Å². The molecule has 3 aromatic heterocycles. The summed E-state index contributed by atoms with van der Waals surface area (Å²) in [6.45, 7) is 1.75. The van der Waals surface area contributed by atoms with Gasteiger partial charge < -0.3 is 4.42 Å². The molecule has 3 rings (SSSR count). The van der Waals surface area contributed by atoms with E-state index in [0.717, 1.165) is 5.56 Å². The number of hydrogen-bond donors (Lipinski definition) is 0. The van der Waals surface area contributed by atoms with E-state index >= 15 is 0 Å². The van der Waals surface area contributed by atoms with Gasteiger partial charge in [0, 0.05) is 24.9 Å². The van der Waals surface area contributed by atoms with Gasteiger partial charge in [-0.1, -0.05) is 4.63 Å². The maximum Gasteiger partial charge on any atom is 0.344 e. The van der Waals surface area contributed by atoms with Gasteiger partial charge in [-0.2, -0.15) is 4.98 Å². The molecule has 0 aromatic carbocycles. The molecule has 0 bridgehead atoms. The van der Waals surface area contributed by atoms with Crippen LogP contribution in [0.4, 0.5) is 0 Å². The summed E-state index contributed by atoms with van der Waals surface area (Å²) in [6, 6.07) is 3.67. The predicted molar refractivity (Wildman–Crippen MR) is 51.0 cm³/mol. The Bertz CT molecular complexity index is 566. The number of hydrogen-bond acceptors (Lipinski definition) is 5. The molecule has 0 aliphatic carbocycles. The summed E-state index contributed by atoms with van der Waals surface area (Å²) in [6.07, 6.45) is 3.38. The van der Waals surface area contributed by atoms with Crippen LogP contribution in [0.15, 0.2) is 28.9 Å². The van der Waals surface area contributed by atoms with Crippen LogP contribution in [-0.4, -0.2) is 24.8 Å². The maximum absolute atomic E-state index is 5.23. The van der Waals surface area contributed by atoms with Gasteiger partial charge in [0.1, 0.15) is 0 Å². The molecule has 0 spiro atoms. The molecule has 15 heavy (non-hydrogen) atoms. The number of fused-ring (bicyclic) bond motifs is 1. The molecule has 0 unspecified atom stereocenters. The monoisotopic (exact) mass is 201 g/mol. The fourth-order valence-corrected chi connectivity index (χ4v) is 1.33. The molecule has 0 saturated carbocycles. The van der Waals surface area contributed by atoms with Crippen LogP contribution in [0.3, 0.4) is 0 Å². The van der Waals surface area contributed by atoms with E-state index in [9.17, 15) is 0 Å². The van der Waals surface area contributed by atoms with Crippen molar-refractivity contribution in [3.8, 4) is 11.4 Å². The smallest absolute Gasteiger partial charge is 0.344 e. The molecular weight excluding hydrogens is 194 g/mol. The van der Waals surface area contributed by atoms with E-state index in [1.54, 1.807) is 19.3 Å². The summed E-state index contributed by atoms with van der Waals surface area (Å²) >= 11 is 0. The number of rotatable bonds is 1. The van der Waals surface area contributed by atoms with Crippen molar-refractivity contribution in [2.24, 2.45) is 0 Å². The minimum atomic E-state index is 0.402. The van der Waals surface area contributed by atoms with E-state index in [2.05, 4.69) is 20.2 Å². The molecule has 0 fully saturated rings. The van der Waals surface area contributed by atoms with Gasteiger partial charge in [-0.15, -0.1) is 10.2 Å². The summed E-state index contributed by atoms with van der Waals surface area (Å²) in [4.78, 5) is 8.12. The molecular formula is C9H7N5O. The molecule has 0 amide bonds. The second-order valence-electron chi connectivity index (χ2n) is 3.06. The average molecular weight is 201 g/mol. The lowest BCUT2D eigenvalue weighted by Crippen LogP contribution is -1.88. The molecule has 6 heteroatoms. The zero-order valence-electron chi connectivity index (χ0n) is 7.95. The molecule has 74 valence electrons. The van der Waals surface area contributed by atoms with Crippen LogP contribution in [0.2, 0.25) is 0 Å². The fourth-order valence-electron chi connectivity index (χ4n) is 1.33. The van der Waals surface area contributed by atoms with Crippen molar-refractivity contribution in [2.45, 2.75) is 6.92 Å². The van der Waals surface area contributed by atoms with Gasteiger partial charge in [-0.25, -0.2) is 0 Å². The maximum atomic E-state index is 5.23. The van der Waals surface area contributed by atoms with Crippen molar-refractivity contribution in [2.75, 3.05) is 0 Å². The SMILES string of the molecule is Cc1nn2nc(-c3ccncc3)nc2o1. The summed E-state index contributed by atoms with van der Waals surface area (Å²) in [5.74, 6) is 1.54. The average Bonchev–Trinajstić information content (AvgIpc) is 2.76. The number of aryl methyl sites for hydroxylation is 1. The van der Waals surface area contributed by atoms with Crippen LogP contribution < -0.4 is 0 Å². The third-order valence-electron chi connectivity index (χ3n) is 1.98. The van der Waals surface area contributed by atoms with Gasteiger partial charge in [0.25, 0.3) is 0 Å². The van der Waals surface area contributed by atoms with Gasteiger partial charge in [-0.05, 0) is 12.1 Å². The van der Waals surface area contributed by atoms with Crippen molar-refractivity contribution in [3.63, 3.8) is 0 Å². The summed E-state index contributed by atoms with van der Waals surface area (Å²) in [7, 11) is 0. The van der Waals surface area contributed by atoms with Crippen molar-refractivity contribution in [1.82, 2.24) is 24.8 Å². The fraction of sp³-hybridized carbons (Fsp3) is 0.111. The van der Waals surface area contributed by atoms with Crippen LogP contribution >= 0.6 is 0 Å². The Balaban J connectivity index is 2.16. The third kappa shape index (κ3) is 1.26. The number of nitrogens with zero attached hydrogens (tertiary/aromatic N) is 5. The minimum Gasteiger partial charge on any atom is -0.407 e. The Kier molecular flexibility index (Phi) is 1.55. The number of aromatic nitrogens is 5. The Hall–Kier alpha value is -2.24. The van der Waals surface area contributed by atoms with Crippen LogP contribution in [0, 0.1) is 6.92 Å². The standard InChI is InChI=1S/C9H7N5O/c1-6-12-14-9(15-6)11-8(13-14)7-2-4-10-5-3-7/h2-5H,1H3. The molecule has 0 aliphatic heterocycles. The second-order valence-corrected chi connectivity index (χ2v) is 3.06. The summed E-state index contributed by atoms with van der Waals surface area (Å²) in [5, 5.41) is 8.20. The van der Waals surface area contributed by atoms with Crippen LogP contribution in [-0.2, 0) is 0 Å². The molecule has 0 atom stereocenters. The largest absolute Gasteiger partial charge is 0.407 e. The summed E-state index contributed by atoms with van der Waals surface area (Å²) < 4.78 is 6.61. The molecule has 0 radical (unpaired) electrons. The van der Waals surface area contributed by atoms with Crippen molar-refractivity contribution in [3.05, 3.63) is 30.4 Å². The Morgan fingerprint density at radius 2 is 2.00 bits per heavy atom. The van der Waals surface area contributed by atoms with Crippen LogP contribution in [0.25, 0.3) is 17.2 Å². The zero-order valence-corrected chi connectivity index (χ0v) is 7.95. The Morgan fingerprint density at radius 1 is 1.20 bits per heavy atom. The molecule has 3 heterocycles. The normalized spacial score (nSPS) is 11.0. The predicted octanol–water partition coefficient (Wildman–Crippen LogP) is 1.09. The van der Waals surface area contributed by atoms with Gasteiger partial charge >= 0.3 is 5.84 Å². The van der Waals surface area contributed by atoms with Crippen LogP contribution in [0.1, 0.15) is 5.89 Å². The molecule has 3 aromatic rings. The van der Waals surface area contributed by atoms with Crippen molar-refractivity contribution >= 4 is 5.84 Å². The van der Waals surface area contributed by atoms with Crippen LogP contribution in [0.5, 0.6) is 0 Å². The van der Waals surface area contributed by atoms with E-state index in [-0.39, 0.29) is 0 Å². The highest BCUT2D eigenvalue weighted by Gasteiger charge is 2.10. The second kappa shape index (κ2) is 2.88. The highest BCUT2D eigenvalue weighted by Crippen LogP contribution is 2.14.